The zero-order chi connectivity index (χ0) is 12.0. The lowest BCUT2D eigenvalue weighted by Gasteiger charge is -2.30. The van der Waals surface area contributed by atoms with E-state index in [2.05, 4.69) is 23.9 Å². The van der Waals surface area contributed by atoms with Crippen LogP contribution in [0.25, 0.3) is 0 Å². The third-order valence-electron chi connectivity index (χ3n) is 3.04. The summed E-state index contributed by atoms with van der Waals surface area (Å²) in [7, 11) is 0. The Bertz CT molecular complexity index is 233. The first-order valence-corrected chi connectivity index (χ1v) is 5.99. The van der Waals surface area contributed by atoms with Crippen LogP contribution in [0.15, 0.2) is 5.16 Å². The molecule has 16 heavy (non-hydrogen) atoms. The first kappa shape index (κ1) is 13.3. The lowest BCUT2D eigenvalue weighted by molar-refractivity contribution is 0.0607. The molecule has 0 aliphatic carbocycles. The van der Waals surface area contributed by atoms with Gasteiger partial charge in [0, 0.05) is 32.2 Å². The summed E-state index contributed by atoms with van der Waals surface area (Å²) in [5.74, 6) is 0.310. The van der Waals surface area contributed by atoms with Crippen molar-refractivity contribution in [1.82, 2.24) is 4.90 Å². The Kier molecular flexibility index (Phi) is 5.55. The molecule has 1 rings (SSSR count). The average Bonchev–Trinajstić information content (AvgIpc) is 2.50. The molecule has 0 radical (unpaired) electrons. The minimum Gasteiger partial charge on any atom is -0.409 e. The standard InChI is InChI=1S/C11H23N3O2/c1-3-10(7-11(12)13-15)14-5-4-6-16-9(2)8-14/h9-10,15H,3-8H2,1-2H3,(H2,12,13). The van der Waals surface area contributed by atoms with Gasteiger partial charge in [0.05, 0.1) is 6.10 Å². The maximum absolute atomic E-state index is 8.60. The molecule has 0 aromatic heterocycles. The maximum Gasteiger partial charge on any atom is 0.140 e. The van der Waals surface area contributed by atoms with Gasteiger partial charge in [-0.1, -0.05) is 12.1 Å². The van der Waals surface area contributed by atoms with E-state index in [4.69, 9.17) is 15.7 Å². The van der Waals surface area contributed by atoms with Gasteiger partial charge in [0.15, 0.2) is 0 Å². The molecule has 0 bridgehead atoms. The van der Waals surface area contributed by atoms with Crippen molar-refractivity contribution in [3.8, 4) is 0 Å². The Labute approximate surface area is 97.2 Å². The number of rotatable bonds is 4. The SMILES string of the molecule is CCC(CC(N)=NO)N1CCCOC(C)C1. The Hall–Kier alpha value is -0.810. The second-order valence-corrected chi connectivity index (χ2v) is 4.39. The number of nitrogens with zero attached hydrogens (tertiary/aromatic N) is 2. The number of nitrogens with two attached hydrogens (primary N) is 1. The summed E-state index contributed by atoms with van der Waals surface area (Å²) >= 11 is 0. The molecule has 94 valence electrons. The summed E-state index contributed by atoms with van der Waals surface area (Å²) in [6, 6.07) is 0.347. The van der Waals surface area contributed by atoms with Crippen LogP contribution in [0.2, 0.25) is 0 Å². The van der Waals surface area contributed by atoms with E-state index < -0.39 is 0 Å². The lowest BCUT2D eigenvalue weighted by atomic mass is 10.1. The van der Waals surface area contributed by atoms with Gasteiger partial charge < -0.3 is 15.7 Å². The Morgan fingerprint density at radius 1 is 1.69 bits per heavy atom. The fourth-order valence-electron chi connectivity index (χ4n) is 2.17. The minimum atomic E-state index is 0.267. The molecular weight excluding hydrogens is 206 g/mol. The molecule has 0 aromatic carbocycles. The normalized spacial score (nSPS) is 26.4. The highest BCUT2D eigenvalue weighted by Crippen LogP contribution is 2.14. The number of amidine groups is 1. The Morgan fingerprint density at radius 2 is 2.44 bits per heavy atom. The monoisotopic (exact) mass is 229 g/mol. The Morgan fingerprint density at radius 3 is 3.06 bits per heavy atom. The number of hydrogen-bond acceptors (Lipinski definition) is 4. The van der Waals surface area contributed by atoms with Gasteiger partial charge in [0.1, 0.15) is 5.84 Å². The molecule has 1 aliphatic rings. The van der Waals surface area contributed by atoms with Crippen LogP contribution in [0, 0.1) is 0 Å². The average molecular weight is 229 g/mol. The highest BCUT2D eigenvalue weighted by molar-refractivity contribution is 5.80. The van der Waals surface area contributed by atoms with Gasteiger partial charge >= 0.3 is 0 Å². The summed E-state index contributed by atoms with van der Waals surface area (Å²) < 4.78 is 5.61. The zero-order valence-electron chi connectivity index (χ0n) is 10.2. The molecule has 0 aromatic rings. The van der Waals surface area contributed by atoms with E-state index in [1.165, 1.54) is 0 Å². The van der Waals surface area contributed by atoms with Crippen molar-refractivity contribution in [2.45, 2.75) is 45.3 Å². The third-order valence-corrected chi connectivity index (χ3v) is 3.04. The summed E-state index contributed by atoms with van der Waals surface area (Å²) in [5, 5.41) is 11.7. The molecule has 0 saturated carbocycles. The first-order valence-electron chi connectivity index (χ1n) is 5.99. The van der Waals surface area contributed by atoms with Crippen molar-refractivity contribution >= 4 is 5.84 Å². The molecule has 2 unspecified atom stereocenters. The fourth-order valence-corrected chi connectivity index (χ4v) is 2.17. The minimum absolute atomic E-state index is 0.267. The van der Waals surface area contributed by atoms with Crippen molar-refractivity contribution in [2.75, 3.05) is 19.7 Å². The Balaban J connectivity index is 2.56. The van der Waals surface area contributed by atoms with Gasteiger partial charge in [-0.05, 0) is 19.8 Å². The number of oxime groups is 1. The van der Waals surface area contributed by atoms with Gasteiger partial charge in [-0.15, -0.1) is 0 Å². The summed E-state index contributed by atoms with van der Waals surface area (Å²) in [6.07, 6.45) is 2.95. The molecule has 2 atom stereocenters. The first-order chi connectivity index (χ1) is 7.67. The number of hydrogen-bond donors (Lipinski definition) is 2. The predicted molar refractivity (Wildman–Crippen MR) is 63.7 cm³/mol. The van der Waals surface area contributed by atoms with Crippen LogP contribution in [0.4, 0.5) is 0 Å². The fraction of sp³-hybridized carbons (Fsp3) is 0.909. The van der Waals surface area contributed by atoms with Crippen LogP contribution in [-0.4, -0.2) is 47.8 Å². The summed E-state index contributed by atoms with van der Waals surface area (Å²) in [6.45, 7) is 7.01. The van der Waals surface area contributed by atoms with Crippen LogP contribution in [0.1, 0.15) is 33.1 Å². The van der Waals surface area contributed by atoms with Gasteiger partial charge in [-0.3, -0.25) is 4.90 Å². The summed E-state index contributed by atoms with van der Waals surface area (Å²) in [5.41, 5.74) is 5.57. The molecule has 1 heterocycles. The largest absolute Gasteiger partial charge is 0.409 e. The molecular formula is C11H23N3O2. The van der Waals surface area contributed by atoms with Crippen LogP contribution in [0.5, 0.6) is 0 Å². The van der Waals surface area contributed by atoms with Crippen molar-refractivity contribution in [3.05, 3.63) is 0 Å². The van der Waals surface area contributed by atoms with E-state index in [0.717, 1.165) is 32.5 Å². The second-order valence-electron chi connectivity index (χ2n) is 4.39. The van der Waals surface area contributed by atoms with E-state index in [0.29, 0.717) is 18.3 Å². The third kappa shape index (κ3) is 3.98. The van der Waals surface area contributed by atoms with Gasteiger partial charge in [0.25, 0.3) is 0 Å². The van der Waals surface area contributed by atoms with Gasteiger partial charge in [-0.2, -0.15) is 0 Å². The topological polar surface area (TPSA) is 71.1 Å². The van der Waals surface area contributed by atoms with Crippen molar-refractivity contribution in [2.24, 2.45) is 10.9 Å². The number of ether oxygens (including phenoxy) is 1. The summed E-state index contributed by atoms with van der Waals surface area (Å²) in [4.78, 5) is 2.38. The molecule has 5 heteroatoms. The zero-order valence-corrected chi connectivity index (χ0v) is 10.2. The van der Waals surface area contributed by atoms with E-state index in [1.807, 2.05) is 0 Å². The highest BCUT2D eigenvalue weighted by Gasteiger charge is 2.22. The lowest BCUT2D eigenvalue weighted by Crippen LogP contribution is -2.41. The highest BCUT2D eigenvalue weighted by atomic mass is 16.5. The van der Waals surface area contributed by atoms with Gasteiger partial charge in [0.2, 0.25) is 0 Å². The van der Waals surface area contributed by atoms with E-state index >= 15 is 0 Å². The van der Waals surface area contributed by atoms with Crippen LogP contribution in [0.3, 0.4) is 0 Å². The van der Waals surface area contributed by atoms with E-state index in [-0.39, 0.29) is 6.10 Å². The quantitative estimate of drug-likeness (QED) is 0.327. The van der Waals surface area contributed by atoms with Crippen molar-refractivity contribution < 1.29 is 9.94 Å². The smallest absolute Gasteiger partial charge is 0.140 e. The molecule has 5 nitrogen and oxygen atoms in total. The van der Waals surface area contributed by atoms with E-state index in [1.54, 1.807) is 0 Å². The molecule has 1 aliphatic heterocycles. The van der Waals surface area contributed by atoms with Gasteiger partial charge in [-0.25, -0.2) is 0 Å². The maximum atomic E-state index is 8.60. The van der Waals surface area contributed by atoms with E-state index in [9.17, 15) is 0 Å². The molecule has 1 fully saturated rings. The van der Waals surface area contributed by atoms with Crippen molar-refractivity contribution in [3.63, 3.8) is 0 Å². The predicted octanol–water partition coefficient (Wildman–Crippen LogP) is 1.01. The second kappa shape index (κ2) is 6.70. The molecule has 0 amide bonds. The van der Waals surface area contributed by atoms with Crippen LogP contribution < -0.4 is 5.73 Å². The van der Waals surface area contributed by atoms with Crippen LogP contribution >= 0.6 is 0 Å². The molecule has 1 saturated heterocycles. The van der Waals surface area contributed by atoms with Crippen molar-refractivity contribution in [1.29, 1.82) is 0 Å². The molecule has 3 N–H and O–H groups in total. The van der Waals surface area contributed by atoms with Crippen LogP contribution in [-0.2, 0) is 4.74 Å². The molecule has 0 spiro atoms.